The Hall–Kier alpha value is -1.18. The van der Waals surface area contributed by atoms with E-state index in [1.165, 1.54) is 6.07 Å². The van der Waals surface area contributed by atoms with E-state index in [-0.39, 0.29) is 22.3 Å². The van der Waals surface area contributed by atoms with E-state index in [2.05, 4.69) is 21.2 Å². The molecule has 0 aromatic heterocycles. The van der Waals surface area contributed by atoms with Crippen LogP contribution in [0.4, 0.5) is 10.1 Å². The van der Waals surface area contributed by atoms with Crippen LogP contribution in [0, 0.1) is 5.82 Å². The number of hydrogen-bond donors (Lipinski definition) is 4. The summed E-state index contributed by atoms with van der Waals surface area (Å²) in [4.78, 5) is 10.6. The molecule has 94 valence electrons. The number of carboxylic acid groups (broad SMARTS) is 1. The molecular weight excluding hydrogens is 297 g/mol. The molecule has 0 aliphatic rings. The zero-order chi connectivity index (χ0) is 13.0. The summed E-state index contributed by atoms with van der Waals surface area (Å²) in [5.74, 6) is -1.98. The number of aromatic carboxylic acids is 1. The van der Waals surface area contributed by atoms with Gasteiger partial charge in [-0.25, -0.2) is 9.18 Å². The van der Waals surface area contributed by atoms with Crippen LogP contribution in [0.2, 0.25) is 0 Å². The van der Waals surface area contributed by atoms with E-state index in [1.54, 1.807) is 0 Å². The van der Waals surface area contributed by atoms with Gasteiger partial charge in [0.2, 0.25) is 0 Å². The minimum atomic E-state index is -1.23. The Morgan fingerprint density at radius 3 is 2.65 bits per heavy atom. The van der Waals surface area contributed by atoms with Crippen molar-refractivity contribution in [2.24, 2.45) is 0 Å². The van der Waals surface area contributed by atoms with E-state index >= 15 is 0 Å². The van der Waals surface area contributed by atoms with Crippen molar-refractivity contribution in [1.82, 2.24) is 0 Å². The number of benzene rings is 1. The van der Waals surface area contributed by atoms with Crippen LogP contribution >= 0.6 is 15.9 Å². The maximum absolute atomic E-state index is 13.5. The topological polar surface area (TPSA) is 89.8 Å². The molecule has 7 heteroatoms. The van der Waals surface area contributed by atoms with Crippen molar-refractivity contribution in [2.45, 2.75) is 6.10 Å². The highest BCUT2D eigenvalue weighted by atomic mass is 79.9. The highest BCUT2D eigenvalue weighted by molar-refractivity contribution is 9.10. The molecule has 4 N–H and O–H groups in total. The summed E-state index contributed by atoms with van der Waals surface area (Å²) in [5.41, 5.74) is -0.134. The molecule has 1 unspecified atom stereocenters. The maximum atomic E-state index is 13.5. The summed E-state index contributed by atoms with van der Waals surface area (Å²) in [7, 11) is 0. The number of hydrogen-bond acceptors (Lipinski definition) is 4. The molecule has 0 saturated heterocycles. The summed E-state index contributed by atoms with van der Waals surface area (Å²) >= 11 is 3.03. The molecule has 0 aliphatic heterocycles. The van der Waals surface area contributed by atoms with Gasteiger partial charge in [0.15, 0.2) is 0 Å². The Balaban J connectivity index is 2.90. The van der Waals surface area contributed by atoms with Gasteiger partial charge in [0, 0.05) is 11.0 Å². The SMILES string of the molecule is O=C(O)c1cc(F)c(NCC(O)CO)c(Br)c1. The fourth-order valence-electron chi connectivity index (χ4n) is 1.15. The van der Waals surface area contributed by atoms with Crippen LogP contribution in [0.15, 0.2) is 16.6 Å². The van der Waals surface area contributed by atoms with Gasteiger partial charge in [-0.05, 0) is 28.1 Å². The predicted octanol–water partition coefficient (Wildman–Crippen LogP) is 1.05. The monoisotopic (exact) mass is 307 g/mol. The summed E-state index contributed by atoms with van der Waals surface area (Å²) in [6, 6.07) is 2.12. The number of halogens is 2. The minimum absolute atomic E-state index is 0.0432. The van der Waals surface area contributed by atoms with E-state index in [4.69, 9.17) is 15.3 Å². The summed E-state index contributed by atoms with van der Waals surface area (Å²) < 4.78 is 13.8. The van der Waals surface area contributed by atoms with Gasteiger partial charge in [-0.2, -0.15) is 0 Å². The molecule has 5 nitrogen and oxygen atoms in total. The van der Waals surface area contributed by atoms with Gasteiger partial charge in [-0.3, -0.25) is 0 Å². The summed E-state index contributed by atoms with van der Waals surface area (Å²) in [5, 5.41) is 29.0. The van der Waals surface area contributed by atoms with Crippen molar-refractivity contribution >= 4 is 27.6 Å². The Kier molecular flexibility index (Phi) is 4.86. The fraction of sp³-hybridized carbons (Fsp3) is 0.300. The number of anilines is 1. The lowest BCUT2D eigenvalue weighted by Gasteiger charge is -2.13. The Morgan fingerprint density at radius 1 is 1.53 bits per heavy atom. The third-order valence-electron chi connectivity index (χ3n) is 2.01. The van der Waals surface area contributed by atoms with Gasteiger partial charge in [0.1, 0.15) is 5.82 Å². The lowest BCUT2D eigenvalue weighted by atomic mass is 10.2. The number of aliphatic hydroxyl groups is 2. The molecule has 0 radical (unpaired) electrons. The average molecular weight is 308 g/mol. The highest BCUT2D eigenvalue weighted by Crippen LogP contribution is 2.27. The van der Waals surface area contributed by atoms with Crippen molar-refractivity contribution < 1.29 is 24.5 Å². The Labute approximate surface area is 105 Å². The van der Waals surface area contributed by atoms with Gasteiger partial charge in [0.05, 0.1) is 24.0 Å². The predicted molar refractivity (Wildman–Crippen MR) is 62.6 cm³/mol. The van der Waals surface area contributed by atoms with Crippen LogP contribution in [-0.2, 0) is 0 Å². The number of carboxylic acids is 1. The second kappa shape index (κ2) is 5.95. The fourth-order valence-corrected chi connectivity index (χ4v) is 1.73. The summed E-state index contributed by atoms with van der Waals surface area (Å²) in [6.07, 6.45) is -1.01. The molecule has 0 aliphatic carbocycles. The number of rotatable bonds is 5. The number of aliphatic hydroxyl groups excluding tert-OH is 2. The average Bonchev–Trinajstić information content (AvgIpc) is 2.27. The third-order valence-corrected chi connectivity index (χ3v) is 2.64. The molecule has 1 aromatic rings. The number of nitrogens with one attached hydrogen (secondary N) is 1. The minimum Gasteiger partial charge on any atom is -0.478 e. The van der Waals surface area contributed by atoms with Gasteiger partial charge >= 0.3 is 5.97 Å². The second-order valence-corrected chi connectivity index (χ2v) is 4.19. The largest absolute Gasteiger partial charge is 0.478 e. The van der Waals surface area contributed by atoms with Gasteiger partial charge < -0.3 is 20.6 Å². The quantitative estimate of drug-likeness (QED) is 0.653. The second-order valence-electron chi connectivity index (χ2n) is 3.34. The number of carbonyl (C=O) groups is 1. The molecular formula is C10H11BrFNO4. The van der Waals surface area contributed by atoms with Gasteiger partial charge in [0.25, 0.3) is 0 Å². The first-order valence-corrected chi connectivity index (χ1v) is 5.50. The third kappa shape index (κ3) is 3.65. The van der Waals surface area contributed by atoms with E-state index in [0.717, 1.165) is 6.07 Å². The van der Waals surface area contributed by atoms with Gasteiger partial charge in [-0.15, -0.1) is 0 Å². The van der Waals surface area contributed by atoms with Crippen molar-refractivity contribution in [2.75, 3.05) is 18.5 Å². The van der Waals surface area contributed by atoms with Gasteiger partial charge in [-0.1, -0.05) is 0 Å². The lowest BCUT2D eigenvalue weighted by Crippen LogP contribution is -2.23. The van der Waals surface area contributed by atoms with E-state index in [9.17, 15) is 9.18 Å². The van der Waals surface area contributed by atoms with E-state index in [0.29, 0.717) is 0 Å². The molecule has 0 amide bonds. The normalized spacial score (nSPS) is 12.2. The van der Waals surface area contributed by atoms with Crippen LogP contribution < -0.4 is 5.32 Å². The van der Waals surface area contributed by atoms with Crippen molar-refractivity contribution in [1.29, 1.82) is 0 Å². The van der Waals surface area contributed by atoms with Crippen LogP contribution in [0.1, 0.15) is 10.4 Å². The first-order valence-electron chi connectivity index (χ1n) is 4.70. The van der Waals surface area contributed by atoms with Crippen molar-refractivity contribution in [3.05, 3.63) is 28.0 Å². The molecule has 0 fully saturated rings. The van der Waals surface area contributed by atoms with Crippen LogP contribution in [0.5, 0.6) is 0 Å². The molecule has 1 aromatic carbocycles. The molecule has 0 heterocycles. The first-order chi connectivity index (χ1) is 7.95. The Morgan fingerprint density at radius 2 is 2.18 bits per heavy atom. The molecule has 0 spiro atoms. The Bertz CT molecular complexity index is 404. The molecule has 1 rings (SSSR count). The molecule has 1 atom stereocenters. The zero-order valence-electron chi connectivity index (χ0n) is 8.65. The van der Waals surface area contributed by atoms with Crippen molar-refractivity contribution in [3.8, 4) is 0 Å². The van der Waals surface area contributed by atoms with Crippen LogP contribution in [-0.4, -0.2) is 40.5 Å². The van der Waals surface area contributed by atoms with Crippen LogP contribution in [0.25, 0.3) is 0 Å². The molecule has 0 saturated carbocycles. The highest BCUT2D eigenvalue weighted by Gasteiger charge is 2.13. The smallest absolute Gasteiger partial charge is 0.335 e. The van der Waals surface area contributed by atoms with Crippen molar-refractivity contribution in [3.63, 3.8) is 0 Å². The molecule has 0 bridgehead atoms. The van der Waals surface area contributed by atoms with E-state index in [1.807, 2.05) is 0 Å². The van der Waals surface area contributed by atoms with Crippen LogP contribution in [0.3, 0.4) is 0 Å². The van der Waals surface area contributed by atoms with E-state index < -0.39 is 24.5 Å². The summed E-state index contributed by atoms with van der Waals surface area (Å²) in [6.45, 7) is -0.488. The lowest BCUT2D eigenvalue weighted by molar-refractivity contribution is 0.0696. The standard InChI is InChI=1S/C10H11BrFNO4/c11-7-1-5(10(16)17)2-8(12)9(7)13-3-6(15)4-14/h1-2,6,13-15H,3-4H2,(H,16,17). The maximum Gasteiger partial charge on any atom is 0.335 e. The zero-order valence-corrected chi connectivity index (χ0v) is 10.2. The molecule has 17 heavy (non-hydrogen) atoms. The first kappa shape index (κ1) is 13.9.